The highest BCUT2D eigenvalue weighted by molar-refractivity contribution is 9.10. The highest BCUT2D eigenvalue weighted by atomic mass is 79.9. The van der Waals surface area contributed by atoms with Crippen molar-refractivity contribution in [2.75, 3.05) is 9.96 Å². The summed E-state index contributed by atoms with van der Waals surface area (Å²) in [5.41, 5.74) is 2.25. The molecule has 0 unspecified atom stereocenters. The van der Waals surface area contributed by atoms with Crippen molar-refractivity contribution in [2.45, 2.75) is 6.17 Å². The third kappa shape index (κ3) is 3.50. The van der Waals surface area contributed by atoms with Crippen molar-refractivity contribution in [1.82, 2.24) is 0 Å². The van der Waals surface area contributed by atoms with E-state index in [0.29, 0.717) is 15.7 Å². The maximum atomic E-state index is 12.8. The number of hydrogen-bond acceptors (Lipinski definition) is 3. The molecule has 7 heteroatoms. The second-order valence-corrected chi connectivity index (χ2v) is 7.64. The van der Waals surface area contributed by atoms with Crippen molar-refractivity contribution in [3.63, 3.8) is 0 Å². The average molecular weight is 464 g/mol. The Hall–Kier alpha value is -2.21. The number of para-hydroxylation sites is 1. The molecule has 1 amide bonds. The van der Waals surface area contributed by atoms with E-state index >= 15 is 0 Å². The summed E-state index contributed by atoms with van der Waals surface area (Å²) in [6.45, 7) is 0. The van der Waals surface area contributed by atoms with Crippen molar-refractivity contribution in [1.29, 1.82) is 0 Å². The monoisotopic (exact) mass is 462 g/mol. The average Bonchev–Trinajstić information content (AvgIpc) is 3.02. The second kappa shape index (κ2) is 7.43. The molecular weight excluding hydrogens is 451 g/mol. The molecule has 0 N–H and O–H groups in total. The van der Waals surface area contributed by atoms with Gasteiger partial charge in [-0.2, -0.15) is 5.06 Å². The summed E-state index contributed by atoms with van der Waals surface area (Å²) in [6.07, 6.45) is -0.990. The molecule has 4 nitrogen and oxygen atoms in total. The molecule has 3 aromatic carbocycles. The van der Waals surface area contributed by atoms with E-state index in [1.807, 2.05) is 54.6 Å². The standard InChI is InChI=1S/C20H13BrCl2N2O2/c21-14-8-6-13(7-9-14)19-24(16-10-11-17(22)18(23)12-16)20(26)27-25(19)15-4-2-1-3-5-15/h1-12,19H/t19-/m1/s1. The first-order chi connectivity index (χ1) is 13.0. The number of carbonyl (C=O) groups excluding carboxylic acids is 1. The molecule has 0 aromatic heterocycles. The predicted octanol–water partition coefficient (Wildman–Crippen LogP) is 6.83. The Bertz CT molecular complexity index is 983. The van der Waals surface area contributed by atoms with Gasteiger partial charge < -0.3 is 4.84 Å². The van der Waals surface area contributed by atoms with Crippen molar-refractivity contribution in [3.8, 4) is 0 Å². The number of hydrogen-bond donors (Lipinski definition) is 0. The van der Waals surface area contributed by atoms with Gasteiger partial charge in [0.05, 0.1) is 21.4 Å². The fourth-order valence-corrected chi connectivity index (χ4v) is 3.51. The van der Waals surface area contributed by atoms with Gasteiger partial charge in [0.2, 0.25) is 0 Å². The molecule has 27 heavy (non-hydrogen) atoms. The fraction of sp³-hybridized carbons (Fsp3) is 0.0500. The highest BCUT2D eigenvalue weighted by Crippen LogP contribution is 2.41. The van der Waals surface area contributed by atoms with Gasteiger partial charge in [-0.05, 0) is 48.0 Å². The molecule has 1 heterocycles. The summed E-state index contributed by atoms with van der Waals surface area (Å²) < 4.78 is 0.948. The van der Waals surface area contributed by atoms with E-state index < -0.39 is 12.3 Å². The zero-order chi connectivity index (χ0) is 19.0. The van der Waals surface area contributed by atoms with Gasteiger partial charge >= 0.3 is 6.09 Å². The third-order valence-corrected chi connectivity index (χ3v) is 5.47. The normalized spacial score (nSPS) is 16.6. The minimum atomic E-state index is -0.495. The molecule has 3 aromatic rings. The molecule has 1 fully saturated rings. The van der Waals surface area contributed by atoms with E-state index in [-0.39, 0.29) is 0 Å². The van der Waals surface area contributed by atoms with Crippen LogP contribution in [-0.2, 0) is 4.84 Å². The molecule has 0 saturated carbocycles. The van der Waals surface area contributed by atoms with Crippen molar-refractivity contribution >= 4 is 56.6 Å². The van der Waals surface area contributed by atoms with Crippen LogP contribution < -0.4 is 9.96 Å². The molecule has 0 radical (unpaired) electrons. The van der Waals surface area contributed by atoms with Crippen LogP contribution in [0, 0.1) is 0 Å². The second-order valence-electron chi connectivity index (χ2n) is 5.91. The number of halogens is 3. The van der Waals surface area contributed by atoms with Crippen LogP contribution >= 0.6 is 39.1 Å². The number of carbonyl (C=O) groups is 1. The lowest BCUT2D eigenvalue weighted by Crippen LogP contribution is -2.31. The van der Waals surface area contributed by atoms with E-state index in [4.69, 9.17) is 28.0 Å². The number of benzene rings is 3. The van der Waals surface area contributed by atoms with Gasteiger partial charge in [-0.3, -0.25) is 0 Å². The summed E-state index contributed by atoms with van der Waals surface area (Å²) in [4.78, 5) is 20.0. The number of nitrogens with zero attached hydrogens (tertiary/aromatic N) is 2. The van der Waals surface area contributed by atoms with Crippen LogP contribution in [0.25, 0.3) is 0 Å². The van der Waals surface area contributed by atoms with E-state index in [9.17, 15) is 4.79 Å². The van der Waals surface area contributed by atoms with Gasteiger partial charge in [-0.1, -0.05) is 69.5 Å². The van der Waals surface area contributed by atoms with E-state index in [1.54, 1.807) is 28.2 Å². The van der Waals surface area contributed by atoms with Gasteiger partial charge in [0, 0.05) is 4.47 Å². The Morgan fingerprint density at radius 1 is 0.852 bits per heavy atom. The van der Waals surface area contributed by atoms with Crippen molar-refractivity contribution < 1.29 is 9.63 Å². The van der Waals surface area contributed by atoms with Crippen molar-refractivity contribution in [2.24, 2.45) is 0 Å². The van der Waals surface area contributed by atoms with Crippen LogP contribution in [0.3, 0.4) is 0 Å². The number of amides is 1. The number of rotatable bonds is 3. The summed E-state index contributed by atoms with van der Waals surface area (Å²) in [6, 6.07) is 22.3. The Balaban J connectivity index is 1.84. The lowest BCUT2D eigenvalue weighted by atomic mass is 10.1. The molecule has 136 valence electrons. The molecule has 1 aliphatic heterocycles. The van der Waals surface area contributed by atoms with Gasteiger partial charge in [0.1, 0.15) is 0 Å². The maximum absolute atomic E-state index is 12.8. The Morgan fingerprint density at radius 3 is 2.22 bits per heavy atom. The van der Waals surface area contributed by atoms with Gasteiger partial charge in [0.15, 0.2) is 6.17 Å². The molecule has 1 aliphatic rings. The predicted molar refractivity (Wildman–Crippen MR) is 111 cm³/mol. The Kier molecular flexibility index (Phi) is 5.00. The van der Waals surface area contributed by atoms with Gasteiger partial charge in [-0.15, -0.1) is 0 Å². The van der Waals surface area contributed by atoms with Gasteiger partial charge in [0.25, 0.3) is 0 Å². The molecule has 1 atom stereocenters. The minimum Gasteiger partial charge on any atom is -0.319 e. The van der Waals surface area contributed by atoms with Crippen molar-refractivity contribution in [3.05, 3.63) is 92.9 Å². The van der Waals surface area contributed by atoms with Crippen LogP contribution in [-0.4, -0.2) is 6.09 Å². The van der Waals surface area contributed by atoms with Crippen LogP contribution in [0.15, 0.2) is 77.3 Å². The summed E-state index contributed by atoms with van der Waals surface area (Å²) in [7, 11) is 0. The SMILES string of the molecule is O=C1ON(c2ccccc2)[C@H](c2ccc(Br)cc2)N1c1ccc(Cl)c(Cl)c1. The molecular formula is C20H13BrCl2N2O2. The Morgan fingerprint density at radius 2 is 1.56 bits per heavy atom. The van der Waals surface area contributed by atoms with Gasteiger partial charge in [-0.25, -0.2) is 9.69 Å². The van der Waals surface area contributed by atoms with Crippen LogP contribution in [0.4, 0.5) is 16.2 Å². The number of hydroxylamine groups is 1. The minimum absolute atomic E-state index is 0.370. The first-order valence-corrected chi connectivity index (χ1v) is 9.65. The summed E-state index contributed by atoms with van der Waals surface area (Å²) >= 11 is 15.7. The first-order valence-electron chi connectivity index (χ1n) is 8.10. The van der Waals surface area contributed by atoms with Crippen LogP contribution in [0.5, 0.6) is 0 Å². The van der Waals surface area contributed by atoms with Crippen LogP contribution in [0.2, 0.25) is 10.0 Å². The van der Waals surface area contributed by atoms with E-state index in [0.717, 1.165) is 15.7 Å². The zero-order valence-corrected chi connectivity index (χ0v) is 16.9. The highest BCUT2D eigenvalue weighted by Gasteiger charge is 2.42. The molecule has 0 aliphatic carbocycles. The fourth-order valence-electron chi connectivity index (χ4n) is 2.95. The Labute approximate surface area is 174 Å². The van der Waals surface area contributed by atoms with E-state index in [1.165, 1.54) is 0 Å². The topological polar surface area (TPSA) is 32.8 Å². The smallest absolute Gasteiger partial charge is 0.319 e. The maximum Gasteiger partial charge on any atom is 0.440 e. The van der Waals surface area contributed by atoms with E-state index in [2.05, 4.69) is 15.9 Å². The lowest BCUT2D eigenvalue weighted by Gasteiger charge is -2.27. The quantitative estimate of drug-likeness (QED) is 0.426. The first kappa shape index (κ1) is 18.2. The molecule has 0 bridgehead atoms. The molecule has 4 rings (SSSR count). The summed E-state index contributed by atoms with van der Waals surface area (Å²) in [5, 5.41) is 2.39. The van der Waals surface area contributed by atoms with Crippen LogP contribution in [0.1, 0.15) is 11.7 Å². The third-order valence-electron chi connectivity index (χ3n) is 4.20. The largest absolute Gasteiger partial charge is 0.440 e. The summed E-state index contributed by atoms with van der Waals surface area (Å²) in [5.74, 6) is 0. The number of anilines is 2. The lowest BCUT2D eigenvalue weighted by molar-refractivity contribution is 0.164. The molecule has 0 spiro atoms. The zero-order valence-electron chi connectivity index (χ0n) is 13.9. The molecule has 1 saturated heterocycles.